The Balaban J connectivity index is -0.000000115. The number of rotatable bonds is 1. The van der Waals surface area contributed by atoms with E-state index in [0.717, 1.165) is 6.26 Å². The second kappa shape index (κ2) is 23.0. The number of esters is 1. The van der Waals surface area contributed by atoms with Crippen LogP contribution in [0.5, 0.6) is 0 Å². The third kappa shape index (κ3) is 347. The predicted molar refractivity (Wildman–Crippen MR) is 38.3 cm³/mol. The first-order chi connectivity index (χ1) is 5.60. The number of carbonyl (C=O) groups is 1. The molecule has 0 aliphatic heterocycles. The first-order valence-corrected chi connectivity index (χ1v) is 2.68. The van der Waals surface area contributed by atoms with Crippen molar-refractivity contribution < 1.29 is 19.1 Å². The highest BCUT2D eigenvalue weighted by molar-refractivity contribution is 5.66. The van der Waals surface area contributed by atoms with Gasteiger partial charge in [-0.15, -0.1) is 0 Å². The van der Waals surface area contributed by atoms with Crippen molar-refractivity contribution in [2.45, 2.75) is 13.8 Å². The molecule has 5 heteroatoms. The SMILES string of the molecule is C=COC(C)=O.CC#N.O=C=O. The molecule has 0 bridgehead atoms. The molecule has 0 saturated carbocycles. The molecule has 66 valence electrons. The fourth-order valence-corrected chi connectivity index (χ4v) is 0.117. The van der Waals surface area contributed by atoms with Gasteiger partial charge in [0.05, 0.1) is 12.3 Å². The van der Waals surface area contributed by atoms with Gasteiger partial charge >= 0.3 is 12.1 Å². The van der Waals surface area contributed by atoms with E-state index in [0.29, 0.717) is 0 Å². The zero-order valence-electron chi connectivity index (χ0n) is 6.86. The third-order valence-corrected chi connectivity index (χ3v) is 0.249. The van der Waals surface area contributed by atoms with Gasteiger partial charge in [-0.3, -0.25) is 4.79 Å². The molecule has 0 aromatic carbocycles. The minimum absolute atomic E-state index is 0.250. The Labute approximate surface area is 70.2 Å². The summed E-state index contributed by atoms with van der Waals surface area (Å²) < 4.78 is 4.17. The van der Waals surface area contributed by atoms with E-state index in [1.165, 1.54) is 13.8 Å². The molecule has 0 atom stereocenters. The molecule has 0 aliphatic rings. The van der Waals surface area contributed by atoms with Crippen LogP contribution in [-0.2, 0) is 19.1 Å². The van der Waals surface area contributed by atoms with E-state index in [4.69, 9.17) is 14.9 Å². The van der Waals surface area contributed by atoms with E-state index >= 15 is 0 Å². The molecule has 0 spiro atoms. The molecule has 0 radical (unpaired) electrons. The smallest absolute Gasteiger partial charge is 0.373 e. The van der Waals surface area contributed by atoms with Gasteiger partial charge in [-0.2, -0.15) is 14.9 Å². The van der Waals surface area contributed by atoms with E-state index in [1.54, 1.807) is 6.07 Å². The zero-order chi connectivity index (χ0) is 10.4. The molecular formula is C7H9NO4. The van der Waals surface area contributed by atoms with Crippen molar-refractivity contribution in [1.82, 2.24) is 0 Å². The summed E-state index contributed by atoms with van der Waals surface area (Å²) >= 11 is 0. The summed E-state index contributed by atoms with van der Waals surface area (Å²) in [6, 6.07) is 1.75. The Morgan fingerprint density at radius 3 is 1.83 bits per heavy atom. The van der Waals surface area contributed by atoms with Crippen LogP contribution in [0.3, 0.4) is 0 Å². The Morgan fingerprint density at radius 2 is 1.83 bits per heavy atom. The van der Waals surface area contributed by atoms with Gasteiger partial charge in [0.15, 0.2) is 0 Å². The molecule has 0 aromatic rings. The molecule has 0 unspecified atom stereocenters. The molecule has 0 heterocycles. The van der Waals surface area contributed by atoms with Crippen LogP contribution in [0.1, 0.15) is 13.8 Å². The summed E-state index contributed by atoms with van der Waals surface area (Å²) in [6.07, 6.45) is 1.35. The van der Waals surface area contributed by atoms with Gasteiger partial charge < -0.3 is 4.74 Å². The summed E-state index contributed by atoms with van der Waals surface area (Å²) in [5.41, 5.74) is 0. The minimum Gasteiger partial charge on any atom is -0.435 e. The topological polar surface area (TPSA) is 84.2 Å². The lowest BCUT2D eigenvalue weighted by Gasteiger charge is -1.83. The van der Waals surface area contributed by atoms with Gasteiger partial charge in [0.25, 0.3) is 0 Å². The average Bonchev–Trinajstić information content (AvgIpc) is 1.89. The molecule has 0 N–H and O–H groups in total. The lowest BCUT2D eigenvalue weighted by Crippen LogP contribution is -1.87. The number of nitriles is 1. The van der Waals surface area contributed by atoms with Crippen molar-refractivity contribution in [3.05, 3.63) is 12.8 Å². The normalized spacial score (nSPS) is 4.75. The monoisotopic (exact) mass is 171 g/mol. The van der Waals surface area contributed by atoms with Crippen molar-refractivity contribution in [2.75, 3.05) is 0 Å². The molecule has 0 fully saturated rings. The number of carbonyl (C=O) groups excluding carboxylic acids is 3. The highest BCUT2D eigenvalue weighted by atomic mass is 16.5. The van der Waals surface area contributed by atoms with Crippen molar-refractivity contribution >= 4 is 12.1 Å². The standard InChI is InChI=1S/C4H6O2.C2H3N.CO2/c1-3-6-4(2)5;1-2-3;2-1-3/h3H,1H2,2H3;1H3;. The maximum atomic E-state index is 9.75. The van der Waals surface area contributed by atoms with Crippen molar-refractivity contribution in [2.24, 2.45) is 0 Å². The maximum Gasteiger partial charge on any atom is 0.373 e. The van der Waals surface area contributed by atoms with Crippen LogP contribution in [-0.4, -0.2) is 12.1 Å². The van der Waals surface area contributed by atoms with Gasteiger partial charge in [0.1, 0.15) is 0 Å². The maximum absolute atomic E-state index is 9.75. The van der Waals surface area contributed by atoms with E-state index < -0.39 is 0 Å². The van der Waals surface area contributed by atoms with Crippen LogP contribution >= 0.6 is 0 Å². The number of nitrogens with zero attached hydrogens (tertiary/aromatic N) is 1. The molecule has 0 aromatic heterocycles. The summed E-state index contributed by atoms with van der Waals surface area (Å²) in [4.78, 5) is 26.0. The van der Waals surface area contributed by atoms with Crippen LogP contribution < -0.4 is 0 Å². The molecule has 0 amide bonds. The van der Waals surface area contributed by atoms with Crippen LogP contribution in [0.4, 0.5) is 0 Å². The van der Waals surface area contributed by atoms with E-state index in [-0.39, 0.29) is 12.1 Å². The van der Waals surface area contributed by atoms with Crippen LogP contribution in [0.25, 0.3) is 0 Å². The number of hydrogen-bond donors (Lipinski definition) is 0. The van der Waals surface area contributed by atoms with Gasteiger partial charge in [0, 0.05) is 13.8 Å². The molecule has 0 rings (SSSR count). The van der Waals surface area contributed by atoms with E-state index in [1.807, 2.05) is 0 Å². The first kappa shape index (κ1) is 16.6. The summed E-state index contributed by atoms with van der Waals surface area (Å²) in [6.45, 7) is 5.91. The number of hydrogen-bond acceptors (Lipinski definition) is 5. The molecular weight excluding hydrogens is 162 g/mol. The quantitative estimate of drug-likeness (QED) is 0.427. The highest BCUT2D eigenvalue weighted by Gasteiger charge is 1.79. The highest BCUT2D eigenvalue weighted by Crippen LogP contribution is 1.70. The first-order valence-electron chi connectivity index (χ1n) is 2.68. The van der Waals surface area contributed by atoms with E-state index in [9.17, 15) is 4.79 Å². The van der Waals surface area contributed by atoms with Crippen molar-refractivity contribution in [3.8, 4) is 6.07 Å². The lowest BCUT2D eigenvalue weighted by molar-refractivity contribution is -0.191. The predicted octanol–water partition coefficient (Wildman–Crippen LogP) is 0.639. The Morgan fingerprint density at radius 1 is 1.58 bits per heavy atom. The second-order valence-corrected chi connectivity index (χ2v) is 1.08. The van der Waals surface area contributed by atoms with E-state index in [2.05, 4.69) is 11.3 Å². The van der Waals surface area contributed by atoms with Gasteiger partial charge in [0.2, 0.25) is 0 Å². The lowest BCUT2D eigenvalue weighted by atomic mass is 10.8. The van der Waals surface area contributed by atoms with Gasteiger partial charge in [-0.1, -0.05) is 6.58 Å². The second-order valence-electron chi connectivity index (χ2n) is 1.08. The fourth-order valence-electron chi connectivity index (χ4n) is 0.117. The van der Waals surface area contributed by atoms with Gasteiger partial charge in [-0.05, 0) is 0 Å². The molecule has 12 heavy (non-hydrogen) atoms. The number of ether oxygens (including phenoxy) is 1. The Bertz CT molecular complexity index is 186. The Hall–Kier alpha value is -1.92. The largest absolute Gasteiger partial charge is 0.435 e. The van der Waals surface area contributed by atoms with Crippen molar-refractivity contribution in [1.29, 1.82) is 5.26 Å². The summed E-state index contributed by atoms with van der Waals surface area (Å²) in [5, 5.41) is 7.32. The Kier molecular flexibility index (Phi) is 31.7. The minimum atomic E-state index is -0.329. The molecule has 0 saturated heterocycles. The van der Waals surface area contributed by atoms with Crippen LogP contribution in [0, 0.1) is 11.3 Å². The summed E-state index contributed by atoms with van der Waals surface area (Å²) in [7, 11) is 0. The summed E-state index contributed by atoms with van der Waals surface area (Å²) in [5.74, 6) is -0.329. The van der Waals surface area contributed by atoms with Crippen molar-refractivity contribution in [3.63, 3.8) is 0 Å². The fraction of sp³-hybridized carbons (Fsp3) is 0.286. The van der Waals surface area contributed by atoms with Crippen LogP contribution in [0.2, 0.25) is 0 Å². The molecule has 5 nitrogen and oxygen atoms in total. The molecule has 0 aliphatic carbocycles. The van der Waals surface area contributed by atoms with Gasteiger partial charge in [-0.25, -0.2) is 0 Å². The zero-order valence-corrected chi connectivity index (χ0v) is 6.86. The average molecular weight is 171 g/mol. The third-order valence-electron chi connectivity index (χ3n) is 0.249. The van der Waals surface area contributed by atoms with Crippen LogP contribution in [0.15, 0.2) is 12.8 Å².